The van der Waals surface area contributed by atoms with Gasteiger partial charge in [-0.25, -0.2) is 14.0 Å². The molecule has 0 unspecified atom stereocenters. The van der Waals surface area contributed by atoms with E-state index in [1.807, 2.05) is 19.1 Å². The third kappa shape index (κ3) is 3.50. The highest BCUT2D eigenvalue weighted by molar-refractivity contribution is 5.35. The maximum absolute atomic E-state index is 12.8. The average molecular weight is 347 g/mol. The van der Waals surface area contributed by atoms with Crippen molar-refractivity contribution in [2.75, 3.05) is 0 Å². The average Bonchev–Trinajstić information content (AvgIpc) is 2.82. The fourth-order valence-electron chi connectivity index (χ4n) is 2.63. The second-order valence-corrected chi connectivity index (χ2v) is 5.86. The topological polar surface area (TPSA) is 39.8 Å². The summed E-state index contributed by atoms with van der Waals surface area (Å²) in [7, 11) is 0. The molecule has 0 atom stereocenters. The second kappa shape index (κ2) is 6.23. The van der Waals surface area contributed by atoms with E-state index in [1.54, 1.807) is 25.1 Å². The van der Waals surface area contributed by atoms with Crippen molar-refractivity contribution in [1.29, 1.82) is 0 Å². The lowest BCUT2D eigenvalue weighted by atomic mass is 10.1. The fraction of sp³-hybridized carbons (Fsp3) is 0.222. The molecule has 25 heavy (non-hydrogen) atoms. The molecule has 0 amide bonds. The van der Waals surface area contributed by atoms with Crippen molar-refractivity contribution in [3.05, 3.63) is 81.5 Å². The van der Waals surface area contributed by atoms with Crippen LogP contribution in [0.1, 0.15) is 22.5 Å². The van der Waals surface area contributed by atoms with Crippen LogP contribution in [0.5, 0.6) is 0 Å². The van der Waals surface area contributed by atoms with Gasteiger partial charge in [-0.1, -0.05) is 29.8 Å². The standard InChI is InChI=1S/C18H16F3N3O/c1-12-6-8-16(9-7-12)24-13(2)22-23(17(24)25)11-14-4-3-5-15(10-14)18(19,20)21/h3-10H,11H2,1-2H3. The SMILES string of the molecule is Cc1ccc(-n2c(C)nn(Cc3cccc(C(F)(F)F)c3)c2=O)cc1. The molecule has 1 aromatic heterocycles. The zero-order chi connectivity index (χ0) is 18.2. The van der Waals surface area contributed by atoms with Crippen molar-refractivity contribution >= 4 is 0 Å². The van der Waals surface area contributed by atoms with Crippen LogP contribution in [0.2, 0.25) is 0 Å². The molecule has 0 N–H and O–H groups in total. The van der Waals surface area contributed by atoms with E-state index in [2.05, 4.69) is 5.10 Å². The highest BCUT2D eigenvalue weighted by Crippen LogP contribution is 2.29. The number of aryl methyl sites for hydroxylation is 2. The fourth-order valence-corrected chi connectivity index (χ4v) is 2.63. The molecule has 0 aliphatic rings. The summed E-state index contributed by atoms with van der Waals surface area (Å²) in [6.07, 6.45) is -4.42. The molecule has 0 bridgehead atoms. The second-order valence-electron chi connectivity index (χ2n) is 5.86. The van der Waals surface area contributed by atoms with Crippen molar-refractivity contribution in [2.24, 2.45) is 0 Å². The molecule has 3 aromatic rings. The van der Waals surface area contributed by atoms with E-state index in [-0.39, 0.29) is 6.54 Å². The molecule has 2 aromatic carbocycles. The zero-order valence-corrected chi connectivity index (χ0v) is 13.7. The Bertz CT molecular complexity index is 953. The highest BCUT2D eigenvalue weighted by atomic mass is 19.4. The van der Waals surface area contributed by atoms with Gasteiger partial charge in [0.2, 0.25) is 0 Å². The van der Waals surface area contributed by atoms with E-state index in [4.69, 9.17) is 0 Å². The van der Waals surface area contributed by atoms with Gasteiger partial charge in [-0.15, -0.1) is 0 Å². The summed E-state index contributed by atoms with van der Waals surface area (Å²) < 4.78 is 41.1. The largest absolute Gasteiger partial charge is 0.416 e. The smallest absolute Gasteiger partial charge is 0.247 e. The summed E-state index contributed by atoms with van der Waals surface area (Å²) in [6.45, 7) is 3.60. The van der Waals surface area contributed by atoms with Gasteiger partial charge >= 0.3 is 11.9 Å². The van der Waals surface area contributed by atoms with E-state index in [9.17, 15) is 18.0 Å². The van der Waals surface area contributed by atoms with Crippen LogP contribution in [0.3, 0.4) is 0 Å². The quantitative estimate of drug-likeness (QED) is 0.724. The number of nitrogens with zero attached hydrogens (tertiary/aromatic N) is 3. The van der Waals surface area contributed by atoms with Crippen LogP contribution >= 0.6 is 0 Å². The summed E-state index contributed by atoms with van der Waals surface area (Å²) >= 11 is 0. The molecule has 3 rings (SSSR count). The number of benzene rings is 2. The maximum atomic E-state index is 12.8. The molecule has 0 fully saturated rings. The minimum Gasteiger partial charge on any atom is -0.247 e. The minimum absolute atomic E-state index is 0.0253. The number of hydrogen-bond donors (Lipinski definition) is 0. The van der Waals surface area contributed by atoms with Gasteiger partial charge in [0.1, 0.15) is 5.82 Å². The van der Waals surface area contributed by atoms with Gasteiger partial charge in [-0.05, 0) is 43.7 Å². The molecule has 1 heterocycles. The Morgan fingerprint density at radius 3 is 2.36 bits per heavy atom. The number of alkyl halides is 3. The number of hydrogen-bond acceptors (Lipinski definition) is 2. The predicted molar refractivity (Wildman–Crippen MR) is 87.8 cm³/mol. The first-order chi connectivity index (χ1) is 11.8. The summed E-state index contributed by atoms with van der Waals surface area (Å²) in [5, 5.41) is 4.18. The van der Waals surface area contributed by atoms with Gasteiger partial charge in [0.15, 0.2) is 0 Å². The Labute approximate surface area is 142 Å². The minimum atomic E-state index is -4.42. The number of rotatable bonds is 3. The van der Waals surface area contributed by atoms with Gasteiger partial charge < -0.3 is 0 Å². The molecular weight excluding hydrogens is 331 g/mol. The van der Waals surface area contributed by atoms with Crippen LogP contribution in [-0.2, 0) is 12.7 Å². The summed E-state index contributed by atoms with van der Waals surface area (Å²) in [4.78, 5) is 12.6. The van der Waals surface area contributed by atoms with Crippen LogP contribution in [0, 0.1) is 13.8 Å². The van der Waals surface area contributed by atoms with Crippen molar-refractivity contribution in [1.82, 2.24) is 14.3 Å². The summed E-state index contributed by atoms with van der Waals surface area (Å²) in [5.41, 5.74) is 0.964. The normalized spacial score (nSPS) is 11.7. The van der Waals surface area contributed by atoms with Gasteiger partial charge in [0.05, 0.1) is 17.8 Å². The Morgan fingerprint density at radius 2 is 1.72 bits per heavy atom. The Balaban J connectivity index is 1.96. The van der Waals surface area contributed by atoms with Crippen molar-refractivity contribution < 1.29 is 13.2 Å². The molecule has 0 saturated heterocycles. The third-order valence-electron chi connectivity index (χ3n) is 3.88. The van der Waals surface area contributed by atoms with Crippen molar-refractivity contribution in [2.45, 2.75) is 26.6 Å². The van der Waals surface area contributed by atoms with Crippen molar-refractivity contribution in [3.8, 4) is 5.69 Å². The first kappa shape index (κ1) is 17.0. The van der Waals surface area contributed by atoms with Crippen LogP contribution in [0.4, 0.5) is 13.2 Å². The molecule has 130 valence electrons. The van der Waals surface area contributed by atoms with E-state index in [0.717, 1.165) is 17.7 Å². The molecule has 0 spiro atoms. The Kier molecular flexibility index (Phi) is 4.24. The summed E-state index contributed by atoms with van der Waals surface area (Å²) in [5.74, 6) is 0.473. The van der Waals surface area contributed by atoms with E-state index >= 15 is 0 Å². The molecule has 0 radical (unpaired) electrons. The van der Waals surface area contributed by atoms with Crippen molar-refractivity contribution in [3.63, 3.8) is 0 Å². The molecule has 7 heteroatoms. The van der Waals surface area contributed by atoms with Crippen LogP contribution in [-0.4, -0.2) is 14.3 Å². The highest BCUT2D eigenvalue weighted by Gasteiger charge is 2.30. The number of aromatic nitrogens is 3. The predicted octanol–water partition coefficient (Wildman–Crippen LogP) is 3.72. The molecule has 4 nitrogen and oxygen atoms in total. The lowest BCUT2D eigenvalue weighted by molar-refractivity contribution is -0.137. The van der Waals surface area contributed by atoms with Crippen LogP contribution in [0.25, 0.3) is 5.69 Å². The lowest BCUT2D eigenvalue weighted by Crippen LogP contribution is -2.24. The molecular formula is C18H16F3N3O. The van der Waals surface area contributed by atoms with E-state index < -0.39 is 17.4 Å². The van der Waals surface area contributed by atoms with E-state index in [0.29, 0.717) is 17.1 Å². The third-order valence-corrected chi connectivity index (χ3v) is 3.88. The molecule has 0 aliphatic carbocycles. The zero-order valence-electron chi connectivity index (χ0n) is 13.7. The van der Waals surface area contributed by atoms with Gasteiger partial charge in [-0.2, -0.15) is 18.3 Å². The van der Waals surface area contributed by atoms with Crippen LogP contribution in [0.15, 0.2) is 53.3 Å². The Morgan fingerprint density at radius 1 is 1.04 bits per heavy atom. The molecule has 0 saturated carbocycles. The first-order valence-electron chi connectivity index (χ1n) is 7.65. The lowest BCUT2D eigenvalue weighted by Gasteiger charge is -2.08. The number of halogens is 3. The molecule has 0 aliphatic heterocycles. The maximum Gasteiger partial charge on any atom is 0.416 e. The van der Waals surface area contributed by atoms with Gasteiger partial charge in [0.25, 0.3) is 0 Å². The van der Waals surface area contributed by atoms with Crippen LogP contribution < -0.4 is 5.69 Å². The monoisotopic (exact) mass is 347 g/mol. The van der Waals surface area contributed by atoms with E-state index in [1.165, 1.54) is 15.3 Å². The van der Waals surface area contributed by atoms with Gasteiger partial charge in [-0.3, -0.25) is 0 Å². The Hall–Kier alpha value is -2.83. The summed E-state index contributed by atoms with van der Waals surface area (Å²) in [6, 6.07) is 12.3. The van der Waals surface area contributed by atoms with Gasteiger partial charge in [0, 0.05) is 0 Å². The first-order valence-corrected chi connectivity index (χ1v) is 7.65.